The number of benzene rings is 2. The lowest BCUT2D eigenvalue weighted by Gasteiger charge is -2.25. The molecule has 1 aromatic heterocycles. The number of nitrogens with zero attached hydrogens (tertiary/aromatic N) is 3. The third-order valence-corrected chi connectivity index (χ3v) is 4.77. The van der Waals surface area contributed by atoms with Crippen LogP contribution in [0.3, 0.4) is 0 Å². The topological polar surface area (TPSA) is 94.3 Å². The molecular weight excluding hydrogens is 366 g/mol. The van der Waals surface area contributed by atoms with E-state index in [9.17, 15) is 14.7 Å². The molecule has 3 aromatic rings. The highest BCUT2D eigenvalue weighted by atomic mass is 16.3. The van der Waals surface area contributed by atoms with Gasteiger partial charge in [0.2, 0.25) is 0 Å². The lowest BCUT2D eigenvalue weighted by atomic mass is 9.96. The largest absolute Gasteiger partial charge is 0.507 e. The number of aliphatic hydroxyl groups is 1. The second-order valence-corrected chi connectivity index (χ2v) is 6.48. The normalized spacial score (nSPS) is 17.9. The Kier molecular flexibility index (Phi) is 4.63. The molecule has 6 heteroatoms. The van der Waals surface area contributed by atoms with Crippen LogP contribution >= 0.6 is 0 Å². The minimum Gasteiger partial charge on any atom is -0.507 e. The molecule has 1 aliphatic rings. The zero-order valence-electron chi connectivity index (χ0n) is 15.2. The highest BCUT2D eigenvalue weighted by Gasteiger charge is 2.47. The first-order valence-electron chi connectivity index (χ1n) is 8.88. The first-order valence-corrected chi connectivity index (χ1v) is 8.88. The first-order chi connectivity index (χ1) is 14.1. The molecule has 0 spiro atoms. The van der Waals surface area contributed by atoms with Gasteiger partial charge >= 0.3 is 0 Å². The van der Waals surface area contributed by atoms with Gasteiger partial charge in [0.1, 0.15) is 5.76 Å². The van der Waals surface area contributed by atoms with E-state index in [4.69, 9.17) is 5.26 Å². The molecule has 6 nitrogen and oxygen atoms in total. The second kappa shape index (κ2) is 7.41. The molecule has 0 aliphatic carbocycles. The van der Waals surface area contributed by atoms with E-state index in [0.29, 0.717) is 22.4 Å². The van der Waals surface area contributed by atoms with Crippen LogP contribution in [0.25, 0.3) is 5.76 Å². The zero-order valence-corrected chi connectivity index (χ0v) is 15.2. The predicted octanol–water partition coefficient (Wildman–Crippen LogP) is 3.58. The van der Waals surface area contributed by atoms with Gasteiger partial charge in [0.25, 0.3) is 11.7 Å². The van der Waals surface area contributed by atoms with Crippen LogP contribution in [0.5, 0.6) is 0 Å². The van der Waals surface area contributed by atoms with Crippen LogP contribution in [0.1, 0.15) is 22.7 Å². The maximum atomic E-state index is 12.9. The summed E-state index contributed by atoms with van der Waals surface area (Å²) in [6.45, 7) is 0. The summed E-state index contributed by atoms with van der Waals surface area (Å²) in [6, 6.07) is 19.6. The summed E-state index contributed by atoms with van der Waals surface area (Å²) in [7, 11) is 0. The summed E-state index contributed by atoms with van der Waals surface area (Å²) in [4.78, 5) is 31.3. The van der Waals surface area contributed by atoms with Crippen molar-refractivity contribution in [2.45, 2.75) is 6.04 Å². The SMILES string of the molecule is N#Cc1ccc(N2C(=O)C(=O)/C(=C(\O)c3ccccc3)C2c2cccnc2)cc1. The molecule has 0 saturated carbocycles. The van der Waals surface area contributed by atoms with Crippen molar-refractivity contribution in [1.29, 1.82) is 5.26 Å². The van der Waals surface area contributed by atoms with E-state index in [1.165, 1.54) is 4.90 Å². The van der Waals surface area contributed by atoms with E-state index in [1.807, 2.05) is 6.07 Å². The zero-order chi connectivity index (χ0) is 20.4. The van der Waals surface area contributed by atoms with Gasteiger partial charge in [-0.2, -0.15) is 5.26 Å². The number of aromatic nitrogens is 1. The molecule has 1 atom stereocenters. The smallest absolute Gasteiger partial charge is 0.300 e. The number of hydrogen-bond donors (Lipinski definition) is 1. The molecule has 1 N–H and O–H groups in total. The molecule has 2 heterocycles. The quantitative estimate of drug-likeness (QED) is 0.425. The number of ketones is 1. The summed E-state index contributed by atoms with van der Waals surface area (Å²) < 4.78 is 0. The van der Waals surface area contributed by atoms with Crippen LogP contribution in [0.4, 0.5) is 5.69 Å². The van der Waals surface area contributed by atoms with Crippen LogP contribution in [0.15, 0.2) is 84.7 Å². The van der Waals surface area contributed by atoms with Crippen LogP contribution in [0, 0.1) is 11.3 Å². The van der Waals surface area contributed by atoms with Crippen molar-refractivity contribution in [2.24, 2.45) is 0 Å². The Labute approximate surface area is 167 Å². The van der Waals surface area contributed by atoms with Crippen molar-refractivity contribution in [3.63, 3.8) is 0 Å². The highest BCUT2D eigenvalue weighted by Crippen LogP contribution is 2.41. The van der Waals surface area contributed by atoms with Gasteiger partial charge in [-0.15, -0.1) is 0 Å². The Morgan fingerprint density at radius 1 is 1.00 bits per heavy atom. The number of carbonyl (C=O) groups is 2. The Morgan fingerprint density at radius 3 is 2.34 bits per heavy atom. The molecule has 140 valence electrons. The van der Waals surface area contributed by atoms with Gasteiger partial charge < -0.3 is 5.11 Å². The fourth-order valence-corrected chi connectivity index (χ4v) is 3.40. The molecule has 1 saturated heterocycles. The maximum absolute atomic E-state index is 12.9. The van der Waals surface area contributed by atoms with Gasteiger partial charge in [-0.1, -0.05) is 36.4 Å². The van der Waals surface area contributed by atoms with Crippen LogP contribution in [-0.4, -0.2) is 21.8 Å². The third-order valence-electron chi connectivity index (χ3n) is 4.77. The maximum Gasteiger partial charge on any atom is 0.300 e. The van der Waals surface area contributed by atoms with E-state index < -0.39 is 17.7 Å². The van der Waals surface area contributed by atoms with Crippen molar-refractivity contribution >= 4 is 23.1 Å². The summed E-state index contributed by atoms with van der Waals surface area (Å²) in [6.07, 6.45) is 3.15. The Morgan fingerprint density at radius 2 is 1.72 bits per heavy atom. The summed E-state index contributed by atoms with van der Waals surface area (Å²) in [5, 5.41) is 19.9. The summed E-state index contributed by atoms with van der Waals surface area (Å²) in [5.41, 5.74) is 1.92. The molecular formula is C23H15N3O3. The van der Waals surface area contributed by atoms with Gasteiger partial charge in [0.15, 0.2) is 0 Å². The van der Waals surface area contributed by atoms with Crippen molar-refractivity contribution < 1.29 is 14.7 Å². The predicted molar refractivity (Wildman–Crippen MR) is 107 cm³/mol. The van der Waals surface area contributed by atoms with Crippen molar-refractivity contribution in [3.8, 4) is 6.07 Å². The number of nitriles is 1. The number of anilines is 1. The number of carbonyl (C=O) groups excluding carboxylic acids is 2. The molecule has 29 heavy (non-hydrogen) atoms. The lowest BCUT2D eigenvalue weighted by molar-refractivity contribution is -0.132. The fraction of sp³-hybridized carbons (Fsp3) is 0.0435. The van der Waals surface area contributed by atoms with Gasteiger partial charge in [-0.3, -0.25) is 19.5 Å². The molecule has 4 rings (SSSR count). The Bertz CT molecular complexity index is 1150. The minimum absolute atomic E-state index is 0.00133. The Balaban J connectivity index is 1.93. The van der Waals surface area contributed by atoms with Crippen molar-refractivity contribution in [1.82, 2.24) is 4.98 Å². The molecule has 1 unspecified atom stereocenters. The monoisotopic (exact) mass is 381 g/mol. The van der Waals surface area contributed by atoms with Gasteiger partial charge in [-0.25, -0.2) is 0 Å². The number of Topliss-reactive ketones (excluding diaryl/α,β-unsaturated/α-hetero) is 1. The molecule has 0 radical (unpaired) electrons. The lowest BCUT2D eigenvalue weighted by Crippen LogP contribution is -2.29. The second-order valence-electron chi connectivity index (χ2n) is 6.48. The molecule has 1 amide bonds. The van der Waals surface area contributed by atoms with E-state index in [1.54, 1.807) is 79.1 Å². The van der Waals surface area contributed by atoms with Crippen LogP contribution < -0.4 is 4.90 Å². The third kappa shape index (κ3) is 3.15. The molecule has 1 aliphatic heterocycles. The standard InChI is InChI=1S/C23H15N3O3/c24-13-15-8-10-18(11-9-15)26-20(17-7-4-12-25-14-17)19(22(28)23(26)29)21(27)16-5-2-1-3-6-16/h1-12,14,20,27H/b21-19-. The van der Waals surface area contributed by atoms with Gasteiger partial charge in [0.05, 0.1) is 23.2 Å². The number of pyridine rings is 1. The minimum atomic E-state index is -0.836. The van der Waals surface area contributed by atoms with E-state index in [0.717, 1.165) is 0 Å². The average molecular weight is 381 g/mol. The van der Waals surface area contributed by atoms with Crippen LogP contribution in [-0.2, 0) is 9.59 Å². The fourth-order valence-electron chi connectivity index (χ4n) is 3.40. The molecule has 1 fully saturated rings. The molecule has 2 aromatic carbocycles. The first kappa shape index (κ1) is 18.1. The number of rotatable bonds is 3. The number of hydrogen-bond acceptors (Lipinski definition) is 5. The Hall–Kier alpha value is -4.24. The van der Waals surface area contributed by atoms with E-state index in [2.05, 4.69) is 4.98 Å². The van der Waals surface area contributed by atoms with E-state index >= 15 is 0 Å². The van der Waals surface area contributed by atoms with Gasteiger partial charge in [0, 0.05) is 23.6 Å². The molecule has 0 bridgehead atoms. The summed E-state index contributed by atoms with van der Waals surface area (Å²) in [5.74, 6) is -1.76. The van der Waals surface area contributed by atoms with Gasteiger partial charge in [-0.05, 0) is 35.9 Å². The van der Waals surface area contributed by atoms with Crippen molar-refractivity contribution in [2.75, 3.05) is 4.90 Å². The van der Waals surface area contributed by atoms with E-state index in [-0.39, 0.29) is 11.3 Å². The van der Waals surface area contributed by atoms with Crippen LogP contribution in [0.2, 0.25) is 0 Å². The highest BCUT2D eigenvalue weighted by molar-refractivity contribution is 6.51. The number of amides is 1. The van der Waals surface area contributed by atoms with Crippen molar-refractivity contribution in [3.05, 3.63) is 101 Å². The summed E-state index contributed by atoms with van der Waals surface area (Å²) >= 11 is 0. The average Bonchev–Trinajstić information content (AvgIpc) is 3.05. The number of aliphatic hydroxyl groups excluding tert-OH is 1.